The number of rotatable bonds is 5. The van der Waals surface area contributed by atoms with Crippen molar-refractivity contribution < 1.29 is 27.8 Å². The standard InChI is InChI=1S/C31H28ClF2N3O4/c32-26-20(33)14-22-19(15-31(41-22,23-7-4-10-36-23)17-5-2-1-3-6-17)24(26)25-18(29(35)38)13-21-28(27(25)34)40-12-11-37(21)30(39)16-8-9-16/h1-3,5-6,13-14,16,23,36H,4,7-12,15H2,(H2,35,38)/t23-,31-/m0/s1. The molecule has 7 nitrogen and oxygen atoms in total. The molecule has 1 saturated carbocycles. The van der Waals surface area contributed by atoms with Crippen LogP contribution in [0.2, 0.25) is 5.02 Å². The number of benzene rings is 3. The van der Waals surface area contributed by atoms with Crippen molar-refractivity contribution in [3.8, 4) is 22.6 Å². The minimum Gasteiger partial charge on any atom is -0.486 e. The van der Waals surface area contributed by atoms with Crippen LogP contribution in [0.1, 0.15) is 47.2 Å². The van der Waals surface area contributed by atoms with Gasteiger partial charge in [0.2, 0.25) is 11.8 Å². The zero-order valence-corrected chi connectivity index (χ0v) is 22.9. The van der Waals surface area contributed by atoms with Gasteiger partial charge in [0.05, 0.1) is 28.9 Å². The summed E-state index contributed by atoms with van der Waals surface area (Å²) in [6.45, 7) is 1.09. The lowest BCUT2D eigenvalue weighted by molar-refractivity contribution is -0.120. The zero-order valence-electron chi connectivity index (χ0n) is 22.1. The molecule has 0 radical (unpaired) electrons. The van der Waals surface area contributed by atoms with Gasteiger partial charge in [-0.2, -0.15) is 0 Å². The molecule has 41 heavy (non-hydrogen) atoms. The van der Waals surface area contributed by atoms with Gasteiger partial charge in [-0.25, -0.2) is 8.78 Å². The number of nitrogens with two attached hydrogens (primary N) is 1. The van der Waals surface area contributed by atoms with Crippen LogP contribution in [0.5, 0.6) is 11.5 Å². The van der Waals surface area contributed by atoms with Crippen LogP contribution in [0.15, 0.2) is 42.5 Å². The molecular formula is C31H28ClF2N3O4. The van der Waals surface area contributed by atoms with E-state index in [-0.39, 0.29) is 76.3 Å². The summed E-state index contributed by atoms with van der Waals surface area (Å²) in [7, 11) is 0. The van der Waals surface area contributed by atoms with Crippen molar-refractivity contribution in [2.45, 2.75) is 43.7 Å². The fourth-order valence-corrected chi connectivity index (χ4v) is 6.82. The molecule has 0 aromatic heterocycles. The molecule has 3 heterocycles. The van der Waals surface area contributed by atoms with Crippen molar-refractivity contribution in [2.75, 3.05) is 24.6 Å². The van der Waals surface area contributed by atoms with Crippen LogP contribution in [0.4, 0.5) is 14.5 Å². The Labute approximate surface area is 240 Å². The Hall–Kier alpha value is -3.69. The first kappa shape index (κ1) is 26.2. The molecule has 2 fully saturated rings. The highest BCUT2D eigenvalue weighted by Crippen LogP contribution is 2.53. The Balaban J connectivity index is 1.44. The zero-order chi connectivity index (χ0) is 28.5. The fraction of sp³-hybridized carbons (Fsp3) is 0.355. The molecule has 1 aliphatic carbocycles. The van der Waals surface area contributed by atoms with E-state index in [2.05, 4.69) is 5.32 Å². The molecule has 7 rings (SSSR count). The van der Waals surface area contributed by atoms with Crippen molar-refractivity contribution in [1.82, 2.24) is 5.32 Å². The van der Waals surface area contributed by atoms with E-state index < -0.39 is 23.1 Å². The van der Waals surface area contributed by atoms with Gasteiger partial charge in [0.1, 0.15) is 18.2 Å². The SMILES string of the molecule is NC(=O)c1cc2c(c(F)c1-c1c(Cl)c(F)cc3c1C[C@](c1ccccc1)([C@@H]1CCCN1)O3)OCCN2C(=O)C1CC1. The third-order valence-electron chi connectivity index (χ3n) is 8.67. The third-order valence-corrected chi connectivity index (χ3v) is 9.03. The number of amides is 2. The predicted octanol–water partition coefficient (Wildman–Crippen LogP) is 5.10. The minimum absolute atomic E-state index is 0.000752. The highest BCUT2D eigenvalue weighted by Gasteiger charge is 2.50. The molecule has 1 saturated heterocycles. The molecule has 3 aliphatic heterocycles. The van der Waals surface area contributed by atoms with Gasteiger partial charge in [-0.05, 0) is 43.9 Å². The van der Waals surface area contributed by atoms with Gasteiger partial charge in [0.25, 0.3) is 0 Å². The maximum atomic E-state index is 16.6. The summed E-state index contributed by atoms with van der Waals surface area (Å²) in [6.07, 6.45) is 3.55. The van der Waals surface area contributed by atoms with Gasteiger partial charge in [-0.3, -0.25) is 9.59 Å². The van der Waals surface area contributed by atoms with Crippen molar-refractivity contribution in [3.05, 3.63) is 75.8 Å². The number of nitrogens with zero attached hydrogens (tertiary/aromatic N) is 1. The molecule has 0 unspecified atom stereocenters. The Bertz CT molecular complexity index is 1590. The smallest absolute Gasteiger partial charge is 0.249 e. The van der Waals surface area contributed by atoms with E-state index in [0.29, 0.717) is 5.56 Å². The molecule has 10 heteroatoms. The van der Waals surface area contributed by atoms with Gasteiger partial charge >= 0.3 is 0 Å². The molecule has 0 bridgehead atoms. The number of hydrogen-bond donors (Lipinski definition) is 2. The fourth-order valence-electron chi connectivity index (χ4n) is 6.56. The number of anilines is 1. The number of fused-ring (bicyclic) bond motifs is 2. The first-order valence-electron chi connectivity index (χ1n) is 13.9. The number of primary amides is 1. The van der Waals surface area contributed by atoms with Gasteiger partial charge in [0, 0.05) is 35.1 Å². The number of halogens is 3. The predicted molar refractivity (Wildman–Crippen MR) is 149 cm³/mol. The molecule has 212 valence electrons. The maximum Gasteiger partial charge on any atom is 0.249 e. The molecule has 3 N–H and O–H groups in total. The second-order valence-corrected chi connectivity index (χ2v) is 11.5. The van der Waals surface area contributed by atoms with Gasteiger partial charge in [0.15, 0.2) is 17.2 Å². The summed E-state index contributed by atoms with van der Waals surface area (Å²) in [5.74, 6) is -2.92. The van der Waals surface area contributed by atoms with Crippen LogP contribution in [0.3, 0.4) is 0 Å². The first-order valence-corrected chi connectivity index (χ1v) is 14.3. The van der Waals surface area contributed by atoms with E-state index in [1.807, 2.05) is 30.3 Å². The van der Waals surface area contributed by atoms with Crippen LogP contribution in [0, 0.1) is 17.6 Å². The maximum absolute atomic E-state index is 16.6. The lowest BCUT2D eigenvalue weighted by Gasteiger charge is -2.35. The van der Waals surface area contributed by atoms with Gasteiger partial charge in [-0.15, -0.1) is 0 Å². The van der Waals surface area contributed by atoms with Gasteiger partial charge < -0.3 is 25.4 Å². The summed E-state index contributed by atoms with van der Waals surface area (Å²) in [5.41, 5.74) is 5.90. The van der Waals surface area contributed by atoms with Crippen molar-refractivity contribution in [1.29, 1.82) is 0 Å². The topological polar surface area (TPSA) is 93.9 Å². The van der Waals surface area contributed by atoms with Crippen LogP contribution >= 0.6 is 11.6 Å². The Kier molecular flexibility index (Phi) is 6.21. The molecule has 4 aliphatic rings. The molecule has 2 atom stereocenters. The van der Waals surface area contributed by atoms with Crippen LogP contribution in [0.25, 0.3) is 11.1 Å². The quantitative estimate of drug-likeness (QED) is 0.439. The highest BCUT2D eigenvalue weighted by atomic mass is 35.5. The first-order chi connectivity index (χ1) is 19.8. The molecule has 0 spiro atoms. The normalized spacial score (nSPS) is 23.0. The molecule has 3 aromatic rings. The van der Waals surface area contributed by atoms with Crippen LogP contribution in [-0.4, -0.2) is 37.6 Å². The largest absolute Gasteiger partial charge is 0.486 e. The minimum atomic E-state index is -0.939. The lowest BCUT2D eigenvalue weighted by Crippen LogP contribution is -2.48. The van der Waals surface area contributed by atoms with E-state index in [0.717, 1.165) is 37.8 Å². The molecular weight excluding hydrogens is 552 g/mol. The number of hydrogen-bond acceptors (Lipinski definition) is 5. The van der Waals surface area contributed by atoms with Crippen molar-refractivity contribution in [3.63, 3.8) is 0 Å². The summed E-state index contributed by atoms with van der Waals surface area (Å²) in [5, 5.41) is 3.17. The number of carbonyl (C=O) groups is 2. The van der Waals surface area contributed by atoms with E-state index in [4.69, 9.17) is 26.8 Å². The Morgan fingerprint density at radius 2 is 1.88 bits per heavy atom. The summed E-state index contributed by atoms with van der Waals surface area (Å²) < 4.78 is 44.4. The van der Waals surface area contributed by atoms with Gasteiger partial charge in [-0.1, -0.05) is 41.9 Å². The van der Waals surface area contributed by atoms with Crippen LogP contribution < -0.4 is 25.4 Å². The molecule has 2 amide bonds. The second kappa shape index (κ2) is 9.70. The van der Waals surface area contributed by atoms with Crippen molar-refractivity contribution in [2.24, 2.45) is 11.7 Å². The van der Waals surface area contributed by atoms with E-state index in [9.17, 15) is 9.59 Å². The van der Waals surface area contributed by atoms with Crippen molar-refractivity contribution >= 4 is 29.1 Å². The monoisotopic (exact) mass is 579 g/mol. The lowest BCUT2D eigenvalue weighted by atomic mass is 9.80. The van der Waals surface area contributed by atoms with E-state index in [1.165, 1.54) is 17.0 Å². The van der Waals surface area contributed by atoms with E-state index in [1.54, 1.807) is 0 Å². The number of nitrogens with one attached hydrogen (secondary N) is 1. The summed E-state index contributed by atoms with van der Waals surface area (Å²) in [6, 6.07) is 12.1. The Morgan fingerprint density at radius 3 is 2.56 bits per heavy atom. The summed E-state index contributed by atoms with van der Waals surface area (Å²) >= 11 is 6.60. The second-order valence-electron chi connectivity index (χ2n) is 11.1. The van der Waals surface area contributed by atoms with E-state index >= 15 is 8.78 Å². The average Bonchev–Trinajstić information content (AvgIpc) is 3.53. The molecule has 3 aromatic carbocycles. The van der Waals surface area contributed by atoms with Crippen LogP contribution in [-0.2, 0) is 16.8 Å². The number of ether oxygens (including phenoxy) is 2. The Morgan fingerprint density at radius 1 is 1.10 bits per heavy atom. The third kappa shape index (κ3) is 4.08. The average molecular weight is 580 g/mol. The highest BCUT2D eigenvalue weighted by molar-refractivity contribution is 6.34. The summed E-state index contributed by atoms with van der Waals surface area (Å²) in [4.78, 5) is 27.3. The number of carbonyl (C=O) groups excluding carboxylic acids is 2.